The van der Waals surface area contributed by atoms with Crippen LogP contribution in [0.4, 0.5) is 0 Å². The third kappa shape index (κ3) is 3.13. The minimum Gasteiger partial charge on any atom is -0.492 e. The average molecular weight is 271 g/mol. The van der Waals surface area contributed by atoms with Crippen molar-refractivity contribution < 1.29 is 9.84 Å². The van der Waals surface area contributed by atoms with Gasteiger partial charge in [-0.05, 0) is 43.1 Å². The molecular weight excluding hydrogens is 250 g/mol. The van der Waals surface area contributed by atoms with E-state index in [1.165, 1.54) is 25.7 Å². The van der Waals surface area contributed by atoms with Gasteiger partial charge in [-0.2, -0.15) is 0 Å². The van der Waals surface area contributed by atoms with Gasteiger partial charge >= 0.3 is 0 Å². The quantitative estimate of drug-likeness (QED) is 0.856. The number of aliphatic hydroxyl groups is 1. The minimum absolute atomic E-state index is 0.0981. The van der Waals surface area contributed by atoms with Gasteiger partial charge in [0.15, 0.2) is 0 Å². The molecule has 3 atom stereocenters. The molecule has 2 aliphatic rings. The maximum Gasteiger partial charge on any atom is 0.138 e. The van der Waals surface area contributed by atoms with E-state index in [0.717, 1.165) is 35.7 Å². The van der Waals surface area contributed by atoms with Gasteiger partial charge in [-0.25, -0.2) is 0 Å². The molecule has 1 aromatic heterocycles. The summed E-state index contributed by atoms with van der Waals surface area (Å²) in [4.78, 5) is 4.17. The summed E-state index contributed by atoms with van der Waals surface area (Å²) in [5.74, 6) is 9.28. The molecule has 2 aliphatic carbocycles. The largest absolute Gasteiger partial charge is 0.492 e. The van der Waals surface area contributed by atoms with Crippen LogP contribution in [0, 0.1) is 29.6 Å². The molecule has 0 aromatic carbocycles. The lowest BCUT2D eigenvalue weighted by atomic mass is 9.89. The first-order chi connectivity index (χ1) is 9.85. The van der Waals surface area contributed by atoms with Crippen molar-refractivity contribution in [2.24, 2.45) is 17.8 Å². The van der Waals surface area contributed by atoms with E-state index in [9.17, 15) is 0 Å². The number of ether oxygens (including phenoxy) is 1. The molecule has 2 saturated carbocycles. The van der Waals surface area contributed by atoms with E-state index < -0.39 is 0 Å². The Morgan fingerprint density at radius 1 is 1.30 bits per heavy atom. The van der Waals surface area contributed by atoms with Crippen molar-refractivity contribution in [2.45, 2.75) is 32.1 Å². The Balaban J connectivity index is 1.55. The zero-order valence-electron chi connectivity index (χ0n) is 11.7. The number of aliphatic hydroxyl groups excluding tert-OH is 1. The lowest BCUT2D eigenvalue weighted by Crippen LogP contribution is -2.18. The molecule has 3 rings (SSSR count). The molecule has 0 spiro atoms. The standard InChI is InChI=1S/C17H21NO2/c19-6-2-1-3-14-9-17(11-18-10-14)20-12-16-8-13-4-5-15(16)7-13/h9-11,13,15-16,19H,2,4-8,12H2. The van der Waals surface area contributed by atoms with Crippen LogP contribution in [0.5, 0.6) is 5.75 Å². The summed E-state index contributed by atoms with van der Waals surface area (Å²) in [6.45, 7) is 0.914. The van der Waals surface area contributed by atoms with Crippen molar-refractivity contribution in [3.05, 3.63) is 24.0 Å². The van der Waals surface area contributed by atoms with Crippen molar-refractivity contribution in [1.82, 2.24) is 4.98 Å². The van der Waals surface area contributed by atoms with Gasteiger partial charge in [0.2, 0.25) is 0 Å². The Morgan fingerprint density at radius 2 is 2.25 bits per heavy atom. The molecule has 0 saturated heterocycles. The van der Waals surface area contributed by atoms with Crippen LogP contribution < -0.4 is 4.74 Å². The summed E-state index contributed by atoms with van der Waals surface area (Å²) in [5, 5.41) is 8.71. The highest BCUT2D eigenvalue weighted by atomic mass is 16.5. The first-order valence-corrected chi connectivity index (χ1v) is 7.52. The van der Waals surface area contributed by atoms with Gasteiger partial charge in [0.05, 0.1) is 19.4 Å². The van der Waals surface area contributed by atoms with Gasteiger partial charge in [0, 0.05) is 18.2 Å². The average Bonchev–Trinajstić information content (AvgIpc) is 3.08. The number of hydrogen-bond acceptors (Lipinski definition) is 3. The molecule has 2 bridgehead atoms. The van der Waals surface area contributed by atoms with Crippen LogP contribution >= 0.6 is 0 Å². The van der Waals surface area contributed by atoms with Crippen LogP contribution in [-0.4, -0.2) is 23.3 Å². The van der Waals surface area contributed by atoms with E-state index in [-0.39, 0.29) is 6.61 Å². The van der Waals surface area contributed by atoms with Crippen LogP contribution in [0.15, 0.2) is 18.5 Å². The Bertz CT molecular complexity index is 517. The molecule has 20 heavy (non-hydrogen) atoms. The Kier molecular flexibility index (Phi) is 4.22. The third-order valence-electron chi connectivity index (χ3n) is 4.53. The van der Waals surface area contributed by atoms with Gasteiger partial charge in [-0.15, -0.1) is 0 Å². The molecule has 3 nitrogen and oxygen atoms in total. The summed E-state index contributed by atoms with van der Waals surface area (Å²) in [6.07, 6.45) is 9.56. The molecule has 106 valence electrons. The van der Waals surface area contributed by atoms with Gasteiger partial charge in [-0.3, -0.25) is 4.98 Å². The fourth-order valence-electron chi connectivity index (χ4n) is 3.57. The summed E-state index contributed by atoms with van der Waals surface area (Å²) in [6, 6.07) is 1.94. The zero-order chi connectivity index (χ0) is 13.8. The van der Waals surface area contributed by atoms with Crippen molar-refractivity contribution in [2.75, 3.05) is 13.2 Å². The molecule has 1 N–H and O–H groups in total. The predicted octanol–water partition coefficient (Wildman–Crippen LogP) is 2.63. The first kappa shape index (κ1) is 13.5. The maximum atomic E-state index is 8.71. The van der Waals surface area contributed by atoms with Crippen LogP contribution in [-0.2, 0) is 0 Å². The van der Waals surface area contributed by atoms with E-state index in [1.54, 1.807) is 12.4 Å². The highest BCUT2D eigenvalue weighted by Crippen LogP contribution is 2.48. The summed E-state index contributed by atoms with van der Waals surface area (Å²) in [7, 11) is 0. The molecule has 0 aliphatic heterocycles. The highest BCUT2D eigenvalue weighted by Gasteiger charge is 2.39. The molecule has 3 heteroatoms. The number of fused-ring (bicyclic) bond motifs is 2. The Labute approximate surface area is 120 Å². The van der Waals surface area contributed by atoms with Crippen LogP contribution in [0.2, 0.25) is 0 Å². The number of aromatic nitrogens is 1. The van der Waals surface area contributed by atoms with E-state index in [2.05, 4.69) is 16.8 Å². The molecule has 1 aromatic rings. The highest BCUT2D eigenvalue weighted by molar-refractivity contribution is 5.36. The molecule has 3 unspecified atom stereocenters. The lowest BCUT2D eigenvalue weighted by molar-refractivity contribution is 0.194. The topological polar surface area (TPSA) is 42.4 Å². The SMILES string of the molecule is OCCC#Cc1cncc(OCC2CC3CCC2C3)c1. The van der Waals surface area contributed by atoms with Gasteiger partial charge in [-0.1, -0.05) is 18.3 Å². The fourth-order valence-corrected chi connectivity index (χ4v) is 3.57. The van der Waals surface area contributed by atoms with E-state index in [4.69, 9.17) is 9.84 Å². The monoisotopic (exact) mass is 271 g/mol. The lowest BCUT2D eigenvalue weighted by Gasteiger charge is -2.21. The second kappa shape index (κ2) is 6.28. The van der Waals surface area contributed by atoms with Crippen molar-refractivity contribution in [1.29, 1.82) is 0 Å². The van der Waals surface area contributed by atoms with Gasteiger partial charge < -0.3 is 9.84 Å². The van der Waals surface area contributed by atoms with E-state index in [0.29, 0.717) is 6.42 Å². The minimum atomic E-state index is 0.0981. The first-order valence-electron chi connectivity index (χ1n) is 7.52. The number of pyridine rings is 1. The van der Waals surface area contributed by atoms with E-state index in [1.807, 2.05) is 6.07 Å². The number of nitrogens with zero attached hydrogens (tertiary/aromatic N) is 1. The molecule has 0 amide bonds. The van der Waals surface area contributed by atoms with Crippen LogP contribution in [0.3, 0.4) is 0 Å². The maximum absolute atomic E-state index is 8.71. The molecule has 0 radical (unpaired) electrons. The summed E-state index contributed by atoms with van der Waals surface area (Å²) < 4.78 is 5.91. The van der Waals surface area contributed by atoms with Crippen molar-refractivity contribution in [3.8, 4) is 17.6 Å². The Hall–Kier alpha value is -1.53. The van der Waals surface area contributed by atoms with Crippen molar-refractivity contribution >= 4 is 0 Å². The smallest absolute Gasteiger partial charge is 0.138 e. The Morgan fingerprint density at radius 3 is 3.00 bits per heavy atom. The van der Waals surface area contributed by atoms with Crippen molar-refractivity contribution in [3.63, 3.8) is 0 Å². The number of hydrogen-bond donors (Lipinski definition) is 1. The summed E-state index contributed by atoms with van der Waals surface area (Å²) in [5.41, 5.74) is 0.851. The van der Waals surface area contributed by atoms with Gasteiger partial charge in [0.1, 0.15) is 5.75 Å². The predicted molar refractivity (Wildman–Crippen MR) is 77.3 cm³/mol. The van der Waals surface area contributed by atoms with Gasteiger partial charge in [0.25, 0.3) is 0 Å². The summed E-state index contributed by atoms with van der Waals surface area (Å²) >= 11 is 0. The zero-order valence-corrected chi connectivity index (χ0v) is 11.7. The van der Waals surface area contributed by atoms with Crippen LogP contribution in [0.25, 0.3) is 0 Å². The molecule has 1 heterocycles. The second-order valence-electron chi connectivity index (χ2n) is 5.93. The van der Waals surface area contributed by atoms with Crippen LogP contribution in [0.1, 0.15) is 37.7 Å². The fraction of sp³-hybridized carbons (Fsp3) is 0.588. The second-order valence-corrected chi connectivity index (χ2v) is 5.93. The normalized spacial score (nSPS) is 27.1. The molecule has 2 fully saturated rings. The number of rotatable bonds is 4. The molecular formula is C17H21NO2. The third-order valence-corrected chi connectivity index (χ3v) is 4.53. The van der Waals surface area contributed by atoms with E-state index >= 15 is 0 Å².